The van der Waals surface area contributed by atoms with E-state index in [1.54, 1.807) is 19.1 Å². The molecule has 0 heterocycles. The van der Waals surface area contributed by atoms with Crippen molar-refractivity contribution in [2.24, 2.45) is 0 Å². The van der Waals surface area contributed by atoms with Crippen molar-refractivity contribution >= 4 is 35.0 Å². The van der Waals surface area contributed by atoms with Gasteiger partial charge in [-0.25, -0.2) is 0 Å². The minimum absolute atomic E-state index is 0.113. The monoisotopic (exact) mass is 372 g/mol. The van der Waals surface area contributed by atoms with Gasteiger partial charge in [0.05, 0.1) is 17.6 Å². The number of ether oxygens (including phenoxy) is 1. The molecule has 5 nitrogen and oxygen atoms in total. The second-order valence-corrected chi connectivity index (χ2v) is 7.09. The number of anilines is 2. The van der Waals surface area contributed by atoms with Crippen LogP contribution in [0.1, 0.15) is 19.4 Å². The summed E-state index contributed by atoms with van der Waals surface area (Å²) < 4.78 is 5.37. The highest BCUT2D eigenvalue weighted by molar-refractivity contribution is 8.01. The zero-order chi connectivity index (χ0) is 18.9. The largest absolute Gasteiger partial charge is 0.494 e. The zero-order valence-corrected chi connectivity index (χ0v) is 16.1. The predicted octanol–water partition coefficient (Wildman–Crippen LogP) is 4.09. The number of aryl methyl sites for hydroxylation is 1. The van der Waals surface area contributed by atoms with Gasteiger partial charge in [0.1, 0.15) is 5.75 Å². The van der Waals surface area contributed by atoms with Crippen LogP contribution in [0, 0.1) is 6.92 Å². The van der Waals surface area contributed by atoms with Crippen LogP contribution in [-0.2, 0) is 9.59 Å². The molecular formula is C20H24N2O3S. The summed E-state index contributed by atoms with van der Waals surface area (Å²) in [5, 5.41) is 5.38. The number of rotatable bonds is 8. The van der Waals surface area contributed by atoms with E-state index >= 15 is 0 Å². The van der Waals surface area contributed by atoms with Gasteiger partial charge in [0.2, 0.25) is 11.8 Å². The van der Waals surface area contributed by atoms with E-state index in [9.17, 15) is 9.59 Å². The molecule has 2 N–H and O–H groups in total. The van der Waals surface area contributed by atoms with E-state index in [0.717, 1.165) is 17.0 Å². The Morgan fingerprint density at radius 3 is 2.42 bits per heavy atom. The highest BCUT2D eigenvalue weighted by Gasteiger charge is 2.16. The molecule has 0 saturated heterocycles. The quantitative estimate of drug-likeness (QED) is 0.732. The molecule has 0 aromatic heterocycles. The van der Waals surface area contributed by atoms with Gasteiger partial charge in [-0.1, -0.05) is 18.2 Å². The summed E-state index contributed by atoms with van der Waals surface area (Å²) in [7, 11) is 0. The number of hydrogen-bond donors (Lipinski definition) is 2. The molecule has 0 bridgehead atoms. The second-order valence-electron chi connectivity index (χ2n) is 5.76. The van der Waals surface area contributed by atoms with Crippen LogP contribution in [0.25, 0.3) is 0 Å². The lowest BCUT2D eigenvalue weighted by Crippen LogP contribution is -2.25. The minimum atomic E-state index is -0.333. The molecular weight excluding hydrogens is 348 g/mol. The molecule has 0 aliphatic carbocycles. The van der Waals surface area contributed by atoms with E-state index in [1.807, 2.05) is 50.2 Å². The van der Waals surface area contributed by atoms with Crippen LogP contribution < -0.4 is 15.4 Å². The molecule has 138 valence electrons. The molecule has 26 heavy (non-hydrogen) atoms. The number of hydrogen-bond acceptors (Lipinski definition) is 4. The molecule has 0 aliphatic heterocycles. The van der Waals surface area contributed by atoms with Crippen molar-refractivity contribution in [1.29, 1.82) is 0 Å². The number of amides is 2. The molecule has 0 fully saturated rings. The fraction of sp³-hybridized carbons (Fsp3) is 0.300. The molecule has 1 atom stereocenters. The van der Waals surface area contributed by atoms with Gasteiger partial charge in [-0.2, -0.15) is 0 Å². The Morgan fingerprint density at radius 1 is 1.08 bits per heavy atom. The highest BCUT2D eigenvalue weighted by atomic mass is 32.2. The Hall–Kier alpha value is -2.47. The maximum absolute atomic E-state index is 12.3. The molecule has 2 amide bonds. The molecule has 0 aliphatic rings. The number of carbonyl (C=O) groups is 2. The van der Waals surface area contributed by atoms with Gasteiger partial charge in [0.15, 0.2) is 0 Å². The third-order valence-electron chi connectivity index (χ3n) is 3.69. The third-order valence-corrected chi connectivity index (χ3v) is 4.83. The van der Waals surface area contributed by atoms with Gasteiger partial charge >= 0.3 is 0 Å². The van der Waals surface area contributed by atoms with Gasteiger partial charge < -0.3 is 15.4 Å². The van der Waals surface area contributed by atoms with E-state index < -0.39 is 0 Å². The van der Waals surface area contributed by atoms with Crippen molar-refractivity contribution in [1.82, 2.24) is 0 Å². The van der Waals surface area contributed by atoms with Crippen LogP contribution in [-0.4, -0.2) is 29.4 Å². The van der Waals surface area contributed by atoms with Gasteiger partial charge in [-0.15, -0.1) is 11.8 Å². The van der Waals surface area contributed by atoms with Gasteiger partial charge in [0.25, 0.3) is 0 Å². The Morgan fingerprint density at radius 2 is 1.77 bits per heavy atom. The standard InChI is InChI=1S/C20H24N2O3S/c1-4-25-17-11-9-16(10-12-17)21-19(23)13-26-15(3)20(24)22-18-8-6-5-7-14(18)2/h5-12,15H,4,13H2,1-3H3,(H,21,23)(H,22,24). The normalized spacial score (nSPS) is 11.5. The predicted molar refractivity (Wildman–Crippen MR) is 108 cm³/mol. The van der Waals surface area contributed by atoms with E-state index in [1.165, 1.54) is 11.8 Å². The minimum Gasteiger partial charge on any atom is -0.494 e. The number of thioether (sulfide) groups is 1. The van der Waals surface area contributed by atoms with Gasteiger partial charge in [-0.05, 0) is 56.7 Å². The van der Waals surface area contributed by atoms with Crippen LogP contribution in [0.15, 0.2) is 48.5 Å². The maximum atomic E-state index is 12.3. The van der Waals surface area contributed by atoms with Crippen LogP contribution in [0.3, 0.4) is 0 Å². The first-order valence-electron chi connectivity index (χ1n) is 8.50. The van der Waals surface area contributed by atoms with Gasteiger partial charge in [-0.3, -0.25) is 9.59 Å². The van der Waals surface area contributed by atoms with Crippen molar-refractivity contribution in [3.05, 3.63) is 54.1 Å². The first-order chi connectivity index (χ1) is 12.5. The van der Waals surface area contributed by atoms with E-state index in [2.05, 4.69) is 10.6 Å². The summed E-state index contributed by atoms with van der Waals surface area (Å²) >= 11 is 1.30. The van der Waals surface area contributed by atoms with Crippen molar-refractivity contribution < 1.29 is 14.3 Å². The average Bonchev–Trinajstić information content (AvgIpc) is 2.63. The molecule has 6 heteroatoms. The van der Waals surface area contributed by atoms with E-state index in [0.29, 0.717) is 12.3 Å². The molecule has 0 saturated carbocycles. The Kier molecular flexibility index (Phi) is 7.53. The first-order valence-corrected chi connectivity index (χ1v) is 9.55. The number of carbonyl (C=O) groups excluding carboxylic acids is 2. The molecule has 1 unspecified atom stereocenters. The smallest absolute Gasteiger partial charge is 0.237 e. The van der Waals surface area contributed by atoms with Crippen molar-refractivity contribution in [2.75, 3.05) is 23.0 Å². The van der Waals surface area contributed by atoms with Crippen molar-refractivity contribution in [2.45, 2.75) is 26.0 Å². The molecule has 2 aromatic carbocycles. The third kappa shape index (κ3) is 6.11. The zero-order valence-electron chi connectivity index (χ0n) is 15.2. The Balaban J connectivity index is 1.78. The lowest BCUT2D eigenvalue weighted by Gasteiger charge is -2.13. The van der Waals surface area contributed by atoms with Crippen LogP contribution in [0.4, 0.5) is 11.4 Å². The maximum Gasteiger partial charge on any atom is 0.237 e. The Labute approximate surface area is 158 Å². The summed E-state index contributed by atoms with van der Waals surface area (Å²) in [6.07, 6.45) is 0. The van der Waals surface area contributed by atoms with Crippen molar-refractivity contribution in [3.63, 3.8) is 0 Å². The summed E-state index contributed by atoms with van der Waals surface area (Å²) in [6, 6.07) is 14.8. The first kappa shape index (κ1) is 19.8. The average molecular weight is 372 g/mol. The number of benzene rings is 2. The van der Waals surface area contributed by atoms with Crippen molar-refractivity contribution in [3.8, 4) is 5.75 Å². The topological polar surface area (TPSA) is 67.4 Å². The number of nitrogens with one attached hydrogen (secondary N) is 2. The van der Waals surface area contributed by atoms with E-state index in [4.69, 9.17) is 4.74 Å². The molecule has 2 aromatic rings. The fourth-order valence-electron chi connectivity index (χ4n) is 2.22. The molecule has 0 radical (unpaired) electrons. The summed E-state index contributed by atoms with van der Waals surface area (Å²) in [4.78, 5) is 24.3. The van der Waals surface area contributed by atoms with Crippen LogP contribution in [0.2, 0.25) is 0 Å². The summed E-state index contributed by atoms with van der Waals surface area (Å²) in [5.41, 5.74) is 2.51. The molecule has 0 spiro atoms. The summed E-state index contributed by atoms with van der Waals surface area (Å²) in [5.74, 6) is 0.712. The summed E-state index contributed by atoms with van der Waals surface area (Å²) in [6.45, 7) is 6.26. The van der Waals surface area contributed by atoms with Gasteiger partial charge in [0, 0.05) is 11.4 Å². The van der Waals surface area contributed by atoms with E-state index in [-0.39, 0.29) is 22.8 Å². The van der Waals surface area contributed by atoms with Crippen LogP contribution in [0.5, 0.6) is 5.75 Å². The lowest BCUT2D eigenvalue weighted by molar-refractivity contribution is -0.115. The SMILES string of the molecule is CCOc1ccc(NC(=O)CSC(C)C(=O)Nc2ccccc2C)cc1. The lowest BCUT2D eigenvalue weighted by atomic mass is 10.2. The highest BCUT2D eigenvalue weighted by Crippen LogP contribution is 2.19. The van der Waals surface area contributed by atoms with Crippen LogP contribution >= 0.6 is 11.8 Å². The number of para-hydroxylation sites is 1. The second kappa shape index (κ2) is 9.87. The Bertz CT molecular complexity index is 747. The molecule has 2 rings (SSSR count). The fourth-order valence-corrected chi connectivity index (χ4v) is 2.91.